The van der Waals surface area contributed by atoms with Crippen LogP contribution in [-0.2, 0) is 29.2 Å². The molecule has 0 aromatic carbocycles. The lowest BCUT2D eigenvalue weighted by Gasteiger charge is -2.29. The van der Waals surface area contributed by atoms with E-state index in [9.17, 15) is 18.0 Å². The molecule has 8 nitrogen and oxygen atoms in total. The van der Waals surface area contributed by atoms with Crippen LogP contribution < -0.4 is 0 Å². The minimum atomic E-state index is -3.95. The number of carbonyl (C=O) groups is 2. The number of rotatable bonds is 9. The van der Waals surface area contributed by atoms with Gasteiger partial charge in [-0.25, -0.2) is 9.59 Å². The van der Waals surface area contributed by atoms with E-state index >= 15 is 0 Å². The predicted octanol–water partition coefficient (Wildman–Crippen LogP) is -0.387. The summed E-state index contributed by atoms with van der Waals surface area (Å²) in [5.74, 6) is -1.59. The van der Waals surface area contributed by atoms with Crippen molar-refractivity contribution in [1.29, 1.82) is 0 Å². The average Bonchev–Trinajstić information content (AvgIpc) is 2.33. The average molecular weight is 324 g/mol. The van der Waals surface area contributed by atoms with E-state index < -0.39 is 22.1 Å². The first kappa shape index (κ1) is 19.6. The Morgan fingerprint density at radius 1 is 1.14 bits per heavy atom. The molecule has 0 heterocycles. The van der Waals surface area contributed by atoms with E-state index in [1.54, 1.807) is 0 Å². The molecule has 0 fully saturated rings. The van der Waals surface area contributed by atoms with Gasteiger partial charge in [-0.2, -0.15) is 8.42 Å². The fourth-order valence-electron chi connectivity index (χ4n) is 1.43. The fourth-order valence-corrected chi connectivity index (χ4v) is 1.93. The van der Waals surface area contributed by atoms with Crippen molar-refractivity contribution in [2.45, 2.75) is 6.42 Å². The second-order valence-electron chi connectivity index (χ2n) is 5.05. The van der Waals surface area contributed by atoms with E-state index in [4.69, 9.17) is 9.29 Å². The van der Waals surface area contributed by atoms with Gasteiger partial charge in [-0.3, -0.25) is 4.55 Å². The van der Waals surface area contributed by atoms with E-state index in [0.29, 0.717) is 24.0 Å². The molecular formula is C12H22NO7S+. The Labute approximate surface area is 124 Å². The number of hydrogen-bond acceptors (Lipinski definition) is 6. The molecule has 0 aromatic heterocycles. The van der Waals surface area contributed by atoms with Crippen LogP contribution in [0.5, 0.6) is 0 Å². The molecule has 0 unspecified atom stereocenters. The van der Waals surface area contributed by atoms with Gasteiger partial charge < -0.3 is 14.0 Å². The second kappa shape index (κ2) is 8.75. The van der Waals surface area contributed by atoms with E-state index in [-0.39, 0.29) is 12.4 Å². The summed E-state index contributed by atoms with van der Waals surface area (Å²) in [7, 11) is 0.951. The van der Waals surface area contributed by atoms with Gasteiger partial charge in [-0.05, 0) is 0 Å². The molecule has 0 amide bonds. The van der Waals surface area contributed by atoms with Gasteiger partial charge in [0.1, 0.15) is 13.2 Å². The lowest BCUT2D eigenvalue weighted by molar-refractivity contribution is -0.890. The van der Waals surface area contributed by atoms with Gasteiger partial charge in [-0.1, -0.05) is 0 Å². The molecule has 21 heavy (non-hydrogen) atoms. The van der Waals surface area contributed by atoms with Crippen LogP contribution >= 0.6 is 0 Å². The van der Waals surface area contributed by atoms with Crippen molar-refractivity contribution in [1.82, 2.24) is 0 Å². The lowest BCUT2D eigenvalue weighted by atomic mass is 10.3. The maximum Gasteiger partial charge on any atom is 0.331 e. The number of esters is 2. The van der Waals surface area contributed by atoms with Crippen LogP contribution in [0.2, 0.25) is 0 Å². The van der Waals surface area contributed by atoms with Crippen molar-refractivity contribution in [3.63, 3.8) is 0 Å². The predicted molar refractivity (Wildman–Crippen MR) is 75.0 cm³/mol. The highest BCUT2D eigenvalue weighted by molar-refractivity contribution is 7.85. The Morgan fingerprint density at radius 2 is 1.71 bits per heavy atom. The number of hydrogen-bond donors (Lipinski definition) is 1. The molecule has 0 spiro atoms. The maximum atomic E-state index is 11.3. The summed E-state index contributed by atoms with van der Waals surface area (Å²) in [6, 6.07) is 0. The third-order valence-corrected chi connectivity index (χ3v) is 3.47. The summed E-state index contributed by atoms with van der Waals surface area (Å²) in [5.41, 5.74) is 0. The highest BCUT2D eigenvalue weighted by Crippen LogP contribution is 2.01. The number of ether oxygens (including phenoxy) is 2. The molecular weight excluding hydrogens is 302 g/mol. The standard InChI is InChI=1S/C12H21NO7S/c1-13(2,7-4-10-21(16,17)18)8-9-20-12(15)6-5-11(14)19-3/h5-6H,4,7-10H2,1-3H3/p+1/b6-5-. The van der Waals surface area contributed by atoms with Gasteiger partial charge in [0.15, 0.2) is 0 Å². The summed E-state index contributed by atoms with van der Waals surface area (Å²) in [6.07, 6.45) is 2.25. The molecule has 0 saturated carbocycles. The molecule has 9 heteroatoms. The van der Waals surface area contributed by atoms with Crippen molar-refractivity contribution in [3.8, 4) is 0 Å². The minimum absolute atomic E-state index is 0.128. The molecule has 122 valence electrons. The number of likely N-dealkylation sites (N-methyl/N-ethyl adjacent to an activating group) is 1. The Morgan fingerprint density at radius 3 is 2.24 bits per heavy atom. The van der Waals surface area contributed by atoms with Crippen molar-refractivity contribution in [3.05, 3.63) is 12.2 Å². The third-order valence-electron chi connectivity index (χ3n) is 2.66. The molecule has 0 aliphatic heterocycles. The molecule has 0 aliphatic carbocycles. The fraction of sp³-hybridized carbons (Fsp3) is 0.667. The van der Waals surface area contributed by atoms with Crippen LogP contribution in [0.1, 0.15) is 6.42 Å². The quantitative estimate of drug-likeness (QED) is 0.266. The Bertz CT molecular complexity index is 482. The molecule has 0 saturated heterocycles. The van der Waals surface area contributed by atoms with E-state index in [0.717, 1.165) is 12.2 Å². The third kappa shape index (κ3) is 12.0. The molecule has 1 N–H and O–H groups in total. The molecule has 0 radical (unpaired) electrons. The first-order valence-electron chi connectivity index (χ1n) is 6.26. The van der Waals surface area contributed by atoms with Crippen molar-refractivity contribution >= 4 is 22.1 Å². The van der Waals surface area contributed by atoms with Crippen LogP contribution in [-0.4, -0.2) is 76.0 Å². The number of nitrogens with zero attached hydrogens (tertiary/aromatic N) is 1. The van der Waals surface area contributed by atoms with E-state index in [1.165, 1.54) is 7.11 Å². The zero-order chi connectivity index (χ0) is 16.5. The van der Waals surface area contributed by atoms with Crippen molar-refractivity contribution < 1.29 is 36.5 Å². The SMILES string of the molecule is COC(=O)/C=C\C(=O)OCC[N+](C)(C)CCCS(=O)(=O)O. The Hall–Kier alpha value is -1.45. The molecule has 0 atom stereocenters. The molecule has 0 rings (SSSR count). The summed E-state index contributed by atoms with van der Waals surface area (Å²) in [5, 5.41) is 0. The van der Waals surface area contributed by atoms with Gasteiger partial charge in [0.2, 0.25) is 0 Å². The molecule has 0 aliphatic rings. The van der Waals surface area contributed by atoms with E-state index in [2.05, 4.69) is 4.74 Å². The normalized spacial score (nSPS) is 12.4. The van der Waals surface area contributed by atoms with E-state index in [1.807, 2.05) is 14.1 Å². The van der Waals surface area contributed by atoms with Gasteiger partial charge in [-0.15, -0.1) is 0 Å². The number of methoxy groups -OCH3 is 1. The zero-order valence-electron chi connectivity index (χ0n) is 12.4. The summed E-state index contributed by atoms with van der Waals surface area (Å²) in [4.78, 5) is 22.0. The van der Waals surface area contributed by atoms with Crippen LogP contribution in [0, 0.1) is 0 Å². The Balaban J connectivity index is 4.01. The van der Waals surface area contributed by atoms with Gasteiger partial charge in [0.05, 0.1) is 33.5 Å². The van der Waals surface area contributed by atoms with Crippen molar-refractivity contribution in [2.24, 2.45) is 0 Å². The molecule has 0 aromatic rings. The monoisotopic (exact) mass is 324 g/mol. The second-order valence-corrected chi connectivity index (χ2v) is 6.62. The van der Waals surface area contributed by atoms with Gasteiger partial charge >= 0.3 is 11.9 Å². The zero-order valence-corrected chi connectivity index (χ0v) is 13.3. The largest absolute Gasteiger partial charge is 0.466 e. The van der Waals surface area contributed by atoms with Gasteiger partial charge in [0, 0.05) is 18.6 Å². The Kier molecular flexibility index (Phi) is 8.15. The lowest BCUT2D eigenvalue weighted by Crippen LogP contribution is -2.43. The smallest absolute Gasteiger partial charge is 0.331 e. The summed E-state index contributed by atoms with van der Waals surface area (Å²) < 4.78 is 39.5. The first-order valence-corrected chi connectivity index (χ1v) is 7.86. The first-order chi connectivity index (χ1) is 9.56. The molecule has 0 bridgehead atoms. The van der Waals surface area contributed by atoms with Crippen LogP contribution in [0.25, 0.3) is 0 Å². The van der Waals surface area contributed by atoms with Crippen molar-refractivity contribution in [2.75, 3.05) is 46.7 Å². The summed E-state index contributed by atoms with van der Waals surface area (Å²) in [6.45, 7) is 1.11. The van der Waals surface area contributed by atoms with Gasteiger partial charge in [0.25, 0.3) is 10.1 Å². The highest BCUT2D eigenvalue weighted by Gasteiger charge is 2.17. The minimum Gasteiger partial charge on any atom is -0.466 e. The topological polar surface area (TPSA) is 107 Å². The highest BCUT2D eigenvalue weighted by atomic mass is 32.2. The van der Waals surface area contributed by atoms with Crippen LogP contribution in [0.4, 0.5) is 0 Å². The van der Waals surface area contributed by atoms with Crippen LogP contribution in [0.3, 0.4) is 0 Å². The maximum absolute atomic E-state index is 11.3. The number of carbonyl (C=O) groups excluding carboxylic acids is 2. The summed E-state index contributed by atoms with van der Waals surface area (Å²) >= 11 is 0. The number of quaternary nitrogens is 1. The van der Waals surface area contributed by atoms with Crippen LogP contribution in [0.15, 0.2) is 12.2 Å².